The first-order valence-corrected chi connectivity index (χ1v) is 15.2. The van der Waals surface area contributed by atoms with Crippen molar-refractivity contribution in [1.29, 1.82) is 0 Å². The molecule has 37 heavy (non-hydrogen) atoms. The van der Waals surface area contributed by atoms with Crippen LogP contribution in [0, 0.1) is 5.92 Å². The maximum absolute atomic E-state index is 2.59. The Morgan fingerprint density at radius 1 is 0.622 bits per heavy atom. The lowest BCUT2D eigenvalue weighted by Crippen LogP contribution is -2.31. The molecule has 2 aromatic rings. The fraction of sp³-hybridized carbons (Fsp3) is 0.676. The standard InChI is InChI=1S/C37H58/c1-15-17-18-24(16-2)33-31-25(20-27(34(3,4)5)22-29(31)36(9,10)11)19-26-21-28(35(6,7)8)23-30(32(26)33)37(12,13)14/h20-24,33H,15-19H2,1-14H3. The largest absolute Gasteiger partial charge is 0.0654 e. The SMILES string of the molecule is CCCCC(CC)C1c2c(cc(C(C)(C)C)cc2C(C)(C)C)Cc2cc(C(C)(C)C)cc(C(C)(C)C)c21. The average molecular weight is 503 g/mol. The second-order valence-electron chi connectivity index (χ2n) is 16.2. The van der Waals surface area contributed by atoms with E-state index in [1.54, 1.807) is 33.4 Å². The van der Waals surface area contributed by atoms with Gasteiger partial charge >= 0.3 is 0 Å². The number of hydrogen-bond acceptors (Lipinski definition) is 0. The van der Waals surface area contributed by atoms with E-state index >= 15 is 0 Å². The van der Waals surface area contributed by atoms with Crippen molar-refractivity contribution in [2.24, 2.45) is 5.92 Å². The van der Waals surface area contributed by atoms with Gasteiger partial charge in [0.25, 0.3) is 0 Å². The minimum absolute atomic E-state index is 0.109. The molecule has 0 heteroatoms. The van der Waals surface area contributed by atoms with Crippen LogP contribution < -0.4 is 0 Å². The fourth-order valence-corrected chi connectivity index (χ4v) is 6.45. The number of rotatable bonds is 5. The zero-order valence-electron chi connectivity index (χ0n) is 27.0. The molecule has 0 spiro atoms. The third-order valence-corrected chi connectivity index (χ3v) is 8.81. The molecule has 0 saturated carbocycles. The highest BCUT2D eigenvalue weighted by molar-refractivity contribution is 5.60. The third-order valence-electron chi connectivity index (χ3n) is 8.81. The molecule has 1 aliphatic rings. The Balaban J connectivity index is 2.50. The second-order valence-corrected chi connectivity index (χ2v) is 16.2. The quantitative estimate of drug-likeness (QED) is 0.381. The first-order valence-electron chi connectivity index (χ1n) is 15.2. The Kier molecular flexibility index (Phi) is 8.27. The summed E-state index contributed by atoms with van der Waals surface area (Å²) in [5.41, 5.74) is 13.2. The summed E-state index contributed by atoms with van der Waals surface area (Å²) in [6, 6.07) is 10.4. The van der Waals surface area contributed by atoms with Gasteiger partial charge in [0.1, 0.15) is 0 Å². The van der Waals surface area contributed by atoms with Crippen LogP contribution in [0.4, 0.5) is 0 Å². The fourth-order valence-electron chi connectivity index (χ4n) is 6.45. The summed E-state index contributed by atoms with van der Waals surface area (Å²) in [6.45, 7) is 33.6. The Morgan fingerprint density at radius 2 is 1.03 bits per heavy atom. The number of benzene rings is 2. The van der Waals surface area contributed by atoms with Crippen LogP contribution in [0.1, 0.15) is 173 Å². The molecule has 206 valence electrons. The van der Waals surface area contributed by atoms with Gasteiger partial charge in [-0.15, -0.1) is 0 Å². The Hall–Kier alpha value is -1.56. The first kappa shape index (κ1) is 30.0. The zero-order valence-corrected chi connectivity index (χ0v) is 27.0. The number of unbranched alkanes of at least 4 members (excludes halogenated alkanes) is 1. The Labute approximate surface area is 231 Å². The van der Waals surface area contributed by atoms with Crippen LogP contribution in [-0.2, 0) is 28.1 Å². The number of hydrogen-bond donors (Lipinski definition) is 0. The summed E-state index contributed by atoms with van der Waals surface area (Å²) in [6.07, 6.45) is 6.19. The molecule has 1 unspecified atom stereocenters. The van der Waals surface area contributed by atoms with E-state index < -0.39 is 0 Å². The van der Waals surface area contributed by atoms with E-state index in [1.165, 1.54) is 36.8 Å². The van der Waals surface area contributed by atoms with Crippen molar-refractivity contribution >= 4 is 0 Å². The van der Waals surface area contributed by atoms with Crippen molar-refractivity contribution in [2.75, 3.05) is 0 Å². The molecule has 0 aromatic heterocycles. The zero-order chi connectivity index (χ0) is 28.1. The lowest BCUT2D eigenvalue weighted by atomic mass is 9.61. The van der Waals surface area contributed by atoms with E-state index in [0.717, 1.165) is 6.42 Å². The van der Waals surface area contributed by atoms with Crippen molar-refractivity contribution in [3.05, 3.63) is 68.8 Å². The van der Waals surface area contributed by atoms with Gasteiger partial charge < -0.3 is 0 Å². The van der Waals surface area contributed by atoms with Gasteiger partial charge in [0.15, 0.2) is 0 Å². The monoisotopic (exact) mass is 502 g/mol. The Morgan fingerprint density at radius 3 is 1.32 bits per heavy atom. The molecule has 0 aliphatic heterocycles. The van der Waals surface area contributed by atoms with Crippen molar-refractivity contribution < 1.29 is 0 Å². The van der Waals surface area contributed by atoms with Crippen LogP contribution in [0.15, 0.2) is 24.3 Å². The smallest absolute Gasteiger partial charge is 0.0129 e. The molecule has 0 bridgehead atoms. The van der Waals surface area contributed by atoms with Gasteiger partial charge in [-0.25, -0.2) is 0 Å². The van der Waals surface area contributed by atoms with E-state index in [2.05, 4.69) is 121 Å². The molecule has 0 saturated heterocycles. The number of fused-ring (bicyclic) bond motifs is 2. The summed E-state index contributed by atoms with van der Waals surface area (Å²) >= 11 is 0. The molecule has 0 N–H and O–H groups in total. The van der Waals surface area contributed by atoms with Crippen LogP contribution in [0.5, 0.6) is 0 Å². The van der Waals surface area contributed by atoms with Crippen LogP contribution in [0.25, 0.3) is 0 Å². The van der Waals surface area contributed by atoms with Gasteiger partial charge in [-0.3, -0.25) is 0 Å². The summed E-state index contributed by atoms with van der Waals surface area (Å²) in [5.74, 6) is 1.14. The van der Waals surface area contributed by atoms with Crippen molar-refractivity contribution in [3.63, 3.8) is 0 Å². The maximum atomic E-state index is 2.59. The van der Waals surface area contributed by atoms with Gasteiger partial charge in [-0.1, -0.05) is 140 Å². The third kappa shape index (κ3) is 6.20. The molecule has 2 aromatic carbocycles. The molecular weight excluding hydrogens is 444 g/mol. The molecule has 0 radical (unpaired) electrons. The van der Waals surface area contributed by atoms with E-state index in [-0.39, 0.29) is 21.7 Å². The van der Waals surface area contributed by atoms with E-state index in [1.807, 2.05) is 0 Å². The highest BCUT2D eigenvalue weighted by atomic mass is 14.4. The minimum atomic E-state index is 0.109. The molecule has 0 nitrogen and oxygen atoms in total. The van der Waals surface area contributed by atoms with Crippen LogP contribution in [0.3, 0.4) is 0 Å². The predicted molar refractivity (Wildman–Crippen MR) is 166 cm³/mol. The van der Waals surface area contributed by atoms with Gasteiger partial charge in [0, 0.05) is 5.92 Å². The van der Waals surface area contributed by atoms with E-state index in [4.69, 9.17) is 0 Å². The summed E-state index contributed by atoms with van der Waals surface area (Å²) < 4.78 is 0. The summed E-state index contributed by atoms with van der Waals surface area (Å²) in [7, 11) is 0. The van der Waals surface area contributed by atoms with Crippen molar-refractivity contribution in [2.45, 2.75) is 157 Å². The van der Waals surface area contributed by atoms with Gasteiger partial charge in [-0.2, -0.15) is 0 Å². The topological polar surface area (TPSA) is 0 Å². The van der Waals surface area contributed by atoms with Crippen LogP contribution in [0.2, 0.25) is 0 Å². The van der Waals surface area contributed by atoms with E-state index in [0.29, 0.717) is 11.8 Å². The molecule has 3 rings (SSSR count). The predicted octanol–water partition coefficient (Wildman–Crippen LogP) is 11.1. The molecule has 1 aliphatic carbocycles. The highest BCUT2D eigenvalue weighted by Gasteiger charge is 2.39. The first-order chi connectivity index (χ1) is 16.8. The van der Waals surface area contributed by atoms with Gasteiger partial charge in [-0.05, 0) is 84.9 Å². The summed E-state index contributed by atoms with van der Waals surface area (Å²) in [5, 5.41) is 0. The molecule has 0 fully saturated rings. The summed E-state index contributed by atoms with van der Waals surface area (Å²) in [4.78, 5) is 0. The molecule has 1 atom stereocenters. The maximum Gasteiger partial charge on any atom is 0.0129 e. The van der Waals surface area contributed by atoms with Crippen molar-refractivity contribution in [1.82, 2.24) is 0 Å². The van der Waals surface area contributed by atoms with Crippen LogP contribution in [-0.4, -0.2) is 0 Å². The normalized spacial score (nSPS) is 15.9. The van der Waals surface area contributed by atoms with Gasteiger partial charge in [0.05, 0.1) is 0 Å². The van der Waals surface area contributed by atoms with Gasteiger partial charge in [0.2, 0.25) is 0 Å². The average Bonchev–Trinajstić information content (AvgIpc) is 2.74. The lowest BCUT2D eigenvalue weighted by molar-refractivity contribution is 0.389. The van der Waals surface area contributed by atoms with Crippen molar-refractivity contribution in [3.8, 4) is 0 Å². The minimum Gasteiger partial charge on any atom is -0.0654 e. The molecule has 0 heterocycles. The van der Waals surface area contributed by atoms with Crippen LogP contribution >= 0.6 is 0 Å². The highest BCUT2D eigenvalue weighted by Crippen LogP contribution is 2.52. The molecule has 0 amide bonds. The molecular formula is C37H58. The van der Waals surface area contributed by atoms with E-state index in [9.17, 15) is 0 Å². The Bertz CT molecular complexity index is 1020. The lowest BCUT2D eigenvalue weighted by Gasteiger charge is -2.43. The second kappa shape index (κ2) is 10.2.